The largest absolute Gasteiger partial charge is 0.355 e. The van der Waals surface area contributed by atoms with Crippen molar-refractivity contribution in [1.29, 1.82) is 0 Å². The first kappa shape index (κ1) is 9.23. The van der Waals surface area contributed by atoms with E-state index in [1.54, 1.807) is 14.2 Å². The number of methoxy groups -OCH3 is 2. The van der Waals surface area contributed by atoms with Gasteiger partial charge in [0.1, 0.15) is 0 Å². The number of rotatable bonds is 4. The van der Waals surface area contributed by atoms with Gasteiger partial charge in [-0.15, -0.1) is 0 Å². The fourth-order valence-corrected chi connectivity index (χ4v) is 0.765. The molecule has 0 spiro atoms. The molecule has 0 aromatic heterocycles. The summed E-state index contributed by atoms with van der Waals surface area (Å²) in [5.41, 5.74) is 5.29. The lowest BCUT2D eigenvalue weighted by molar-refractivity contribution is -0.0996. The summed E-state index contributed by atoms with van der Waals surface area (Å²) in [6, 6.07) is 0. The molecule has 0 saturated heterocycles. The molecule has 0 aliphatic rings. The Labute approximate surface area is 60.9 Å². The number of hydrogen-bond donors (Lipinski definition) is 2. The van der Waals surface area contributed by atoms with Gasteiger partial charge in [-0.3, -0.25) is 0 Å². The minimum absolute atomic E-state index is 0.0417. The summed E-state index contributed by atoms with van der Waals surface area (Å²) >= 11 is 4.11. The Bertz CT molecular complexity index is 68.0. The van der Waals surface area contributed by atoms with E-state index in [1.807, 2.05) is 0 Å². The van der Waals surface area contributed by atoms with Crippen LogP contribution in [0.2, 0.25) is 0 Å². The van der Waals surface area contributed by atoms with Crippen LogP contribution < -0.4 is 5.73 Å². The highest BCUT2D eigenvalue weighted by molar-refractivity contribution is 7.81. The molecule has 0 rings (SSSR count). The second-order valence-electron chi connectivity index (χ2n) is 1.64. The Morgan fingerprint density at radius 2 is 1.89 bits per heavy atom. The summed E-state index contributed by atoms with van der Waals surface area (Å²) in [4.78, 5) is 0. The molecule has 1 unspecified atom stereocenters. The van der Waals surface area contributed by atoms with Crippen molar-refractivity contribution in [3.8, 4) is 0 Å². The van der Waals surface area contributed by atoms with Gasteiger partial charge in [-0.05, 0) is 0 Å². The van der Waals surface area contributed by atoms with Crippen LogP contribution in [0.4, 0.5) is 0 Å². The molecule has 4 heteroatoms. The first-order valence-corrected chi connectivity index (χ1v) is 3.21. The maximum absolute atomic E-state index is 5.29. The quantitative estimate of drug-likeness (QED) is 0.434. The second-order valence-corrected chi connectivity index (χ2v) is 2.31. The van der Waals surface area contributed by atoms with Crippen LogP contribution in [0.25, 0.3) is 0 Å². The average Bonchev–Trinajstić information content (AvgIpc) is 1.90. The zero-order valence-corrected chi connectivity index (χ0v) is 6.60. The fourth-order valence-electron chi connectivity index (χ4n) is 0.522. The molecular weight excluding hydrogens is 138 g/mol. The lowest BCUT2D eigenvalue weighted by atomic mass is 10.4. The van der Waals surface area contributed by atoms with Crippen LogP contribution >= 0.6 is 12.6 Å². The van der Waals surface area contributed by atoms with Gasteiger partial charge < -0.3 is 15.2 Å². The maximum atomic E-state index is 5.29. The van der Waals surface area contributed by atoms with Crippen LogP contribution in [0, 0.1) is 0 Å². The number of hydrogen-bond acceptors (Lipinski definition) is 4. The number of ether oxygens (including phenoxy) is 2. The van der Waals surface area contributed by atoms with Crippen LogP contribution in [0.5, 0.6) is 0 Å². The van der Waals surface area contributed by atoms with Gasteiger partial charge in [-0.25, -0.2) is 0 Å². The van der Waals surface area contributed by atoms with Gasteiger partial charge in [0.15, 0.2) is 6.29 Å². The Balaban J connectivity index is 3.50. The highest BCUT2D eigenvalue weighted by Gasteiger charge is 2.13. The first-order valence-electron chi connectivity index (χ1n) is 2.70. The SMILES string of the molecule is COC(OC)C(S)CN. The van der Waals surface area contributed by atoms with Crippen LogP contribution in [0.3, 0.4) is 0 Å². The molecule has 0 amide bonds. The van der Waals surface area contributed by atoms with Crippen LogP contribution in [0.1, 0.15) is 0 Å². The summed E-state index contributed by atoms with van der Waals surface area (Å²) in [7, 11) is 3.13. The minimum Gasteiger partial charge on any atom is -0.355 e. The fraction of sp³-hybridized carbons (Fsp3) is 1.00. The van der Waals surface area contributed by atoms with Crippen molar-refractivity contribution >= 4 is 12.6 Å². The third-order valence-electron chi connectivity index (χ3n) is 1.02. The van der Waals surface area contributed by atoms with E-state index in [4.69, 9.17) is 15.2 Å². The van der Waals surface area contributed by atoms with E-state index in [9.17, 15) is 0 Å². The van der Waals surface area contributed by atoms with E-state index in [0.29, 0.717) is 6.54 Å². The molecule has 0 aliphatic heterocycles. The van der Waals surface area contributed by atoms with Crippen molar-refractivity contribution in [3.05, 3.63) is 0 Å². The predicted molar refractivity (Wildman–Crippen MR) is 39.6 cm³/mol. The molecule has 0 heterocycles. The minimum atomic E-state index is -0.293. The van der Waals surface area contributed by atoms with E-state index >= 15 is 0 Å². The molecule has 3 nitrogen and oxygen atoms in total. The summed E-state index contributed by atoms with van der Waals surface area (Å²) in [6.07, 6.45) is -0.293. The normalized spacial score (nSPS) is 14.3. The van der Waals surface area contributed by atoms with Gasteiger partial charge in [0.05, 0.1) is 5.25 Å². The van der Waals surface area contributed by atoms with Gasteiger partial charge in [0.25, 0.3) is 0 Å². The van der Waals surface area contributed by atoms with Gasteiger partial charge in [-0.2, -0.15) is 12.6 Å². The Morgan fingerprint density at radius 3 is 2.00 bits per heavy atom. The lowest BCUT2D eigenvalue weighted by Crippen LogP contribution is -2.31. The molecule has 0 aromatic carbocycles. The van der Waals surface area contributed by atoms with Gasteiger partial charge in [0, 0.05) is 20.8 Å². The van der Waals surface area contributed by atoms with Crippen molar-refractivity contribution < 1.29 is 9.47 Å². The second kappa shape index (κ2) is 5.05. The monoisotopic (exact) mass is 151 g/mol. The molecular formula is C5H13NO2S. The van der Waals surface area contributed by atoms with Crippen LogP contribution in [0.15, 0.2) is 0 Å². The molecule has 0 saturated carbocycles. The Kier molecular flexibility index (Phi) is 5.18. The van der Waals surface area contributed by atoms with Gasteiger partial charge in [0.2, 0.25) is 0 Å². The zero-order chi connectivity index (χ0) is 7.28. The van der Waals surface area contributed by atoms with Gasteiger partial charge in [-0.1, -0.05) is 0 Å². The van der Waals surface area contributed by atoms with Crippen molar-refractivity contribution in [3.63, 3.8) is 0 Å². The number of nitrogens with two attached hydrogens (primary N) is 1. The van der Waals surface area contributed by atoms with E-state index in [-0.39, 0.29) is 11.5 Å². The summed E-state index contributed by atoms with van der Waals surface area (Å²) < 4.78 is 9.75. The highest BCUT2D eigenvalue weighted by Crippen LogP contribution is 2.03. The Morgan fingerprint density at radius 1 is 1.44 bits per heavy atom. The topological polar surface area (TPSA) is 44.5 Å². The van der Waals surface area contributed by atoms with Crippen molar-refractivity contribution in [2.75, 3.05) is 20.8 Å². The molecule has 0 bridgehead atoms. The van der Waals surface area contributed by atoms with E-state index in [0.717, 1.165) is 0 Å². The molecule has 1 atom stereocenters. The molecule has 0 aromatic rings. The molecule has 2 N–H and O–H groups in total. The van der Waals surface area contributed by atoms with E-state index < -0.39 is 0 Å². The van der Waals surface area contributed by atoms with Crippen molar-refractivity contribution in [1.82, 2.24) is 0 Å². The lowest BCUT2D eigenvalue weighted by Gasteiger charge is -2.17. The Hall–Kier alpha value is 0.230. The maximum Gasteiger partial charge on any atom is 0.169 e. The average molecular weight is 151 g/mol. The predicted octanol–water partition coefficient (Wildman–Crippen LogP) is -0.138. The van der Waals surface area contributed by atoms with Crippen LogP contribution in [-0.4, -0.2) is 32.3 Å². The van der Waals surface area contributed by atoms with Crippen molar-refractivity contribution in [2.45, 2.75) is 11.5 Å². The van der Waals surface area contributed by atoms with E-state index in [2.05, 4.69) is 12.6 Å². The summed E-state index contributed by atoms with van der Waals surface area (Å²) in [5.74, 6) is 0. The standard InChI is InChI=1S/C5H13NO2S/c1-7-5(8-2)4(9)3-6/h4-5,9H,3,6H2,1-2H3. The molecule has 0 aliphatic carbocycles. The van der Waals surface area contributed by atoms with Crippen LogP contribution in [-0.2, 0) is 9.47 Å². The smallest absolute Gasteiger partial charge is 0.169 e. The summed E-state index contributed by atoms with van der Waals surface area (Å²) in [6.45, 7) is 0.454. The zero-order valence-electron chi connectivity index (χ0n) is 5.70. The van der Waals surface area contributed by atoms with Gasteiger partial charge >= 0.3 is 0 Å². The first-order chi connectivity index (χ1) is 4.26. The third kappa shape index (κ3) is 3.05. The summed E-state index contributed by atoms with van der Waals surface area (Å²) in [5, 5.41) is -0.0417. The third-order valence-corrected chi connectivity index (χ3v) is 1.47. The molecule has 9 heavy (non-hydrogen) atoms. The number of thiol groups is 1. The molecule has 0 radical (unpaired) electrons. The molecule has 56 valence electrons. The van der Waals surface area contributed by atoms with Crippen molar-refractivity contribution in [2.24, 2.45) is 5.73 Å². The van der Waals surface area contributed by atoms with E-state index in [1.165, 1.54) is 0 Å². The highest BCUT2D eigenvalue weighted by atomic mass is 32.1. The molecule has 0 fully saturated rings.